The van der Waals surface area contributed by atoms with Gasteiger partial charge in [-0.05, 0) is 26.0 Å². The van der Waals surface area contributed by atoms with Gasteiger partial charge in [0.05, 0.1) is 11.9 Å². The van der Waals surface area contributed by atoms with Gasteiger partial charge in [0.25, 0.3) is 0 Å². The highest BCUT2D eigenvalue weighted by molar-refractivity contribution is 5.85. The maximum absolute atomic E-state index is 12.1. The fourth-order valence-electron chi connectivity index (χ4n) is 0.980. The third-order valence-electron chi connectivity index (χ3n) is 1.51. The average molecular weight is 241 g/mol. The van der Waals surface area contributed by atoms with Crippen molar-refractivity contribution >= 4 is 18.1 Å². The summed E-state index contributed by atoms with van der Waals surface area (Å²) in [4.78, 5) is 3.32. The average Bonchev–Trinajstić information content (AvgIpc) is 2.02. The fraction of sp³-hybridized carbons (Fsp3) is 0.444. The third-order valence-corrected chi connectivity index (χ3v) is 1.51. The van der Waals surface area contributed by atoms with Crippen molar-refractivity contribution in [2.24, 2.45) is 0 Å². The first-order valence-electron chi connectivity index (χ1n) is 4.19. The number of anilines is 1. The van der Waals surface area contributed by atoms with Gasteiger partial charge >= 0.3 is 6.18 Å². The molecule has 0 aliphatic heterocycles. The molecule has 0 radical (unpaired) electrons. The molecule has 15 heavy (non-hydrogen) atoms. The summed E-state index contributed by atoms with van der Waals surface area (Å²) in [6.07, 6.45) is -3.18. The minimum absolute atomic E-state index is 0. The second kappa shape index (κ2) is 5.21. The molecule has 0 unspecified atom stereocenters. The largest absolute Gasteiger partial charge is 0.433 e. The summed E-state index contributed by atoms with van der Waals surface area (Å²) in [6.45, 7) is 3.80. The van der Waals surface area contributed by atoms with E-state index in [-0.39, 0.29) is 18.4 Å². The van der Waals surface area contributed by atoms with Crippen molar-refractivity contribution in [3.63, 3.8) is 0 Å². The van der Waals surface area contributed by atoms with E-state index < -0.39 is 11.9 Å². The van der Waals surface area contributed by atoms with Gasteiger partial charge < -0.3 is 5.32 Å². The normalized spacial score (nSPS) is 11.1. The fourth-order valence-corrected chi connectivity index (χ4v) is 0.980. The van der Waals surface area contributed by atoms with Crippen LogP contribution in [-0.4, -0.2) is 11.0 Å². The molecular weight excluding hydrogens is 229 g/mol. The SMILES string of the molecule is CC(C)Nc1ccc(C(F)(F)F)nc1.Cl. The predicted molar refractivity (Wildman–Crippen MR) is 55.2 cm³/mol. The summed E-state index contributed by atoms with van der Waals surface area (Å²) in [6, 6.07) is 2.51. The second-order valence-electron chi connectivity index (χ2n) is 3.23. The van der Waals surface area contributed by atoms with Crippen LogP contribution in [0.4, 0.5) is 18.9 Å². The third kappa shape index (κ3) is 4.38. The number of hydrogen-bond donors (Lipinski definition) is 1. The van der Waals surface area contributed by atoms with Gasteiger partial charge in [0.1, 0.15) is 5.69 Å². The Morgan fingerprint density at radius 1 is 1.27 bits per heavy atom. The minimum atomic E-state index is -4.36. The number of halogens is 4. The monoisotopic (exact) mass is 240 g/mol. The molecule has 2 nitrogen and oxygen atoms in total. The molecule has 0 aliphatic carbocycles. The van der Waals surface area contributed by atoms with Crippen molar-refractivity contribution in [2.75, 3.05) is 5.32 Å². The molecule has 1 aromatic heterocycles. The smallest absolute Gasteiger partial charge is 0.382 e. The van der Waals surface area contributed by atoms with Crippen LogP contribution in [-0.2, 0) is 6.18 Å². The molecule has 0 spiro atoms. The summed E-state index contributed by atoms with van der Waals surface area (Å²) in [7, 11) is 0. The standard InChI is InChI=1S/C9H11F3N2.ClH/c1-6(2)14-7-3-4-8(13-5-7)9(10,11)12;/h3-6,14H,1-2H3;1H. The van der Waals surface area contributed by atoms with Crippen molar-refractivity contribution in [2.45, 2.75) is 26.1 Å². The molecular formula is C9H12ClF3N2. The molecule has 1 rings (SSSR count). The van der Waals surface area contributed by atoms with Gasteiger partial charge in [0, 0.05) is 6.04 Å². The zero-order valence-corrected chi connectivity index (χ0v) is 9.12. The lowest BCUT2D eigenvalue weighted by atomic mass is 10.3. The van der Waals surface area contributed by atoms with Crippen LogP contribution in [0.2, 0.25) is 0 Å². The lowest BCUT2D eigenvalue weighted by Gasteiger charge is -2.10. The molecule has 0 bridgehead atoms. The van der Waals surface area contributed by atoms with Crippen LogP contribution >= 0.6 is 12.4 Å². The molecule has 0 atom stereocenters. The van der Waals surface area contributed by atoms with Crippen molar-refractivity contribution in [3.05, 3.63) is 24.0 Å². The molecule has 6 heteroatoms. The van der Waals surface area contributed by atoms with Crippen LogP contribution in [0, 0.1) is 0 Å². The van der Waals surface area contributed by atoms with Gasteiger partial charge in [-0.3, -0.25) is 0 Å². The van der Waals surface area contributed by atoms with Crippen molar-refractivity contribution < 1.29 is 13.2 Å². The van der Waals surface area contributed by atoms with Crippen molar-refractivity contribution in [1.82, 2.24) is 4.98 Å². The minimum Gasteiger partial charge on any atom is -0.382 e. The molecule has 1 N–H and O–H groups in total. The van der Waals surface area contributed by atoms with Crippen LogP contribution in [0.1, 0.15) is 19.5 Å². The Kier molecular flexibility index (Phi) is 4.87. The molecule has 0 saturated carbocycles. The van der Waals surface area contributed by atoms with E-state index in [2.05, 4.69) is 10.3 Å². The first-order chi connectivity index (χ1) is 6.39. The zero-order chi connectivity index (χ0) is 10.8. The molecule has 86 valence electrons. The molecule has 0 amide bonds. The first kappa shape index (κ1) is 14.0. The Bertz CT molecular complexity index is 295. The number of rotatable bonds is 2. The molecule has 0 fully saturated rings. The highest BCUT2D eigenvalue weighted by Crippen LogP contribution is 2.27. The van der Waals surface area contributed by atoms with E-state index >= 15 is 0 Å². The number of aromatic nitrogens is 1. The maximum Gasteiger partial charge on any atom is 0.433 e. The summed E-state index contributed by atoms with van der Waals surface area (Å²) < 4.78 is 36.3. The van der Waals surface area contributed by atoms with Crippen LogP contribution in [0.15, 0.2) is 18.3 Å². The molecule has 1 heterocycles. The number of nitrogens with zero attached hydrogens (tertiary/aromatic N) is 1. The topological polar surface area (TPSA) is 24.9 Å². The number of hydrogen-bond acceptors (Lipinski definition) is 2. The van der Waals surface area contributed by atoms with E-state index in [0.717, 1.165) is 6.07 Å². The highest BCUT2D eigenvalue weighted by atomic mass is 35.5. The number of alkyl halides is 3. The number of nitrogens with one attached hydrogen (secondary N) is 1. The highest BCUT2D eigenvalue weighted by Gasteiger charge is 2.31. The van der Waals surface area contributed by atoms with Crippen LogP contribution < -0.4 is 5.32 Å². The van der Waals surface area contributed by atoms with Crippen molar-refractivity contribution in [3.8, 4) is 0 Å². The predicted octanol–water partition coefficient (Wildman–Crippen LogP) is 3.34. The van der Waals surface area contributed by atoms with Crippen LogP contribution in [0.5, 0.6) is 0 Å². The van der Waals surface area contributed by atoms with E-state index in [1.54, 1.807) is 0 Å². The Balaban J connectivity index is 0.00000196. The lowest BCUT2D eigenvalue weighted by Crippen LogP contribution is -2.11. The lowest BCUT2D eigenvalue weighted by molar-refractivity contribution is -0.141. The second-order valence-corrected chi connectivity index (χ2v) is 3.23. The summed E-state index contributed by atoms with van der Waals surface area (Å²) in [5.41, 5.74) is -0.278. The van der Waals surface area contributed by atoms with Gasteiger partial charge in [-0.25, -0.2) is 4.98 Å². The Hall–Kier alpha value is -0.970. The summed E-state index contributed by atoms with van der Waals surface area (Å²) in [5.74, 6) is 0. The van der Waals surface area contributed by atoms with E-state index in [9.17, 15) is 13.2 Å². The van der Waals surface area contributed by atoms with E-state index in [1.807, 2.05) is 13.8 Å². The molecule has 0 aromatic carbocycles. The van der Waals surface area contributed by atoms with Crippen LogP contribution in [0.25, 0.3) is 0 Å². The van der Waals surface area contributed by atoms with Crippen molar-refractivity contribution in [1.29, 1.82) is 0 Å². The Morgan fingerprint density at radius 2 is 1.87 bits per heavy atom. The quantitative estimate of drug-likeness (QED) is 0.858. The van der Waals surface area contributed by atoms with Gasteiger partial charge in [-0.15, -0.1) is 12.4 Å². The molecule has 0 saturated heterocycles. The van der Waals surface area contributed by atoms with Gasteiger partial charge in [0.2, 0.25) is 0 Å². The maximum atomic E-state index is 12.1. The van der Waals surface area contributed by atoms with E-state index in [0.29, 0.717) is 5.69 Å². The number of pyridine rings is 1. The zero-order valence-electron chi connectivity index (χ0n) is 8.30. The Labute approximate surface area is 92.3 Å². The van der Waals surface area contributed by atoms with E-state index in [1.165, 1.54) is 12.3 Å². The molecule has 1 aromatic rings. The first-order valence-corrected chi connectivity index (χ1v) is 4.19. The van der Waals surface area contributed by atoms with Gasteiger partial charge in [-0.2, -0.15) is 13.2 Å². The molecule has 0 aliphatic rings. The van der Waals surface area contributed by atoms with Gasteiger partial charge in [0.15, 0.2) is 0 Å². The van der Waals surface area contributed by atoms with E-state index in [4.69, 9.17) is 0 Å². The summed E-state index contributed by atoms with van der Waals surface area (Å²) in [5, 5.41) is 2.95. The van der Waals surface area contributed by atoms with Gasteiger partial charge in [-0.1, -0.05) is 0 Å². The van der Waals surface area contributed by atoms with Crippen LogP contribution in [0.3, 0.4) is 0 Å². The summed E-state index contributed by atoms with van der Waals surface area (Å²) >= 11 is 0. The Morgan fingerprint density at radius 3 is 2.20 bits per heavy atom.